The largest absolute Gasteiger partial charge is 0.462 e. The molecule has 4 heterocycles. The summed E-state index contributed by atoms with van der Waals surface area (Å²) >= 11 is 0. The number of aromatic nitrogens is 4. The molecule has 3 aromatic heterocycles. The number of nitrogens with one attached hydrogen (secondary N) is 1. The van der Waals surface area contributed by atoms with Crippen molar-refractivity contribution in [1.29, 1.82) is 0 Å². The van der Waals surface area contributed by atoms with Crippen LogP contribution in [0.4, 0.5) is 11.6 Å². The summed E-state index contributed by atoms with van der Waals surface area (Å²) in [6.45, 7) is 4.19. The van der Waals surface area contributed by atoms with E-state index in [4.69, 9.17) is 15.2 Å². The van der Waals surface area contributed by atoms with Gasteiger partial charge in [0.1, 0.15) is 11.4 Å². The van der Waals surface area contributed by atoms with E-state index < -0.39 is 11.9 Å². The molecule has 0 atom stereocenters. The molecule has 3 N–H and O–H groups in total. The van der Waals surface area contributed by atoms with E-state index in [0.29, 0.717) is 31.9 Å². The minimum absolute atomic E-state index is 0.0152. The molecule has 0 saturated carbocycles. The Morgan fingerprint density at radius 3 is 2.76 bits per heavy atom. The lowest BCUT2D eigenvalue weighted by Crippen LogP contribution is -2.41. The molecule has 12 nitrogen and oxygen atoms in total. The van der Waals surface area contributed by atoms with Gasteiger partial charge in [-0.3, -0.25) is 19.5 Å². The third-order valence-corrected chi connectivity index (χ3v) is 5.04. The number of pyridine rings is 2. The molecule has 0 spiro atoms. The number of fused-ring (bicyclic) bond motifs is 1. The lowest BCUT2D eigenvalue weighted by Gasteiger charge is -2.25. The maximum Gasteiger partial charge on any atom is 0.341 e. The van der Waals surface area contributed by atoms with Crippen LogP contribution in [0.3, 0.4) is 0 Å². The van der Waals surface area contributed by atoms with Gasteiger partial charge < -0.3 is 20.5 Å². The van der Waals surface area contributed by atoms with E-state index in [1.54, 1.807) is 25.3 Å². The van der Waals surface area contributed by atoms with E-state index in [0.717, 1.165) is 4.68 Å². The molecule has 0 aliphatic carbocycles. The second kappa shape index (κ2) is 9.71. The monoisotopic (exact) mass is 453 g/mol. The van der Waals surface area contributed by atoms with Crippen LogP contribution in [0.2, 0.25) is 0 Å². The first-order valence-electron chi connectivity index (χ1n) is 10.4. The van der Waals surface area contributed by atoms with Crippen LogP contribution in [0.1, 0.15) is 32.4 Å². The molecule has 1 fully saturated rings. The van der Waals surface area contributed by atoms with Crippen LogP contribution >= 0.6 is 0 Å². The number of esters is 1. The Balaban J connectivity index is 1.74. The minimum Gasteiger partial charge on any atom is -0.462 e. The van der Waals surface area contributed by atoms with E-state index in [9.17, 15) is 14.4 Å². The predicted octanol–water partition coefficient (Wildman–Crippen LogP) is 0.810. The number of anilines is 2. The van der Waals surface area contributed by atoms with Gasteiger partial charge in [-0.25, -0.2) is 9.78 Å². The quantitative estimate of drug-likeness (QED) is 0.512. The van der Waals surface area contributed by atoms with E-state index in [1.165, 1.54) is 12.3 Å². The van der Waals surface area contributed by atoms with Crippen molar-refractivity contribution in [1.82, 2.24) is 24.6 Å². The third-order valence-electron chi connectivity index (χ3n) is 5.04. The van der Waals surface area contributed by atoms with Crippen molar-refractivity contribution >= 4 is 40.5 Å². The fourth-order valence-corrected chi connectivity index (χ4v) is 3.39. The fourth-order valence-electron chi connectivity index (χ4n) is 3.39. The number of nitrogens with two attached hydrogens (primary N) is 1. The molecule has 1 aliphatic heterocycles. The molecule has 3 aromatic rings. The van der Waals surface area contributed by atoms with E-state index in [-0.39, 0.29) is 47.3 Å². The maximum absolute atomic E-state index is 13.1. The van der Waals surface area contributed by atoms with Crippen molar-refractivity contribution in [2.24, 2.45) is 0 Å². The van der Waals surface area contributed by atoms with Crippen LogP contribution < -0.4 is 11.1 Å². The average molecular weight is 453 g/mol. The van der Waals surface area contributed by atoms with Crippen LogP contribution in [0.15, 0.2) is 30.6 Å². The van der Waals surface area contributed by atoms with Crippen LogP contribution in [-0.4, -0.2) is 81.9 Å². The molecule has 0 radical (unpaired) electrons. The first kappa shape index (κ1) is 22.3. The summed E-state index contributed by atoms with van der Waals surface area (Å²) in [6.07, 6.45) is 2.95. The van der Waals surface area contributed by atoms with Crippen molar-refractivity contribution in [3.05, 3.63) is 41.7 Å². The topological polar surface area (TPSA) is 155 Å². The summed E-state index contributed by atoms with van der Waals surface area (Å²) in [4.78, 5) is 48.2. The summed E-state index contributed by atoms with van der Waals surface area (Å²) in [6, 6.07) is 4.63. The molecule has 4 rings (SSSR count). The van der Waals surface area contributed by atoms with Gasteiger partial charge in [0.15, 0.2) is 11.5 Å². The molecule has 33 heavy (non-hydrogen) atoms. The normalized spacial score (nSPS) is 14.2. The molecule has 1 aliphatic rings. The SMILES string of the molecule is CCOC(=O)c1cc2c(NC(=O)c3cccnc3)nn(C(=O)CN3CCOCC3)c2nc1N. The molecule has 0 bridgehead atoms. The van der Waals surface area contributed by atoms with Crippen LogP contribution in [-0.2, 0) is 9.47 Å². The Labute approximate surface area is 188 Å². The Kier molecular flexibility index (Phi) is 6.56. The average Bonchev–Trinajstić information content (AvgIpc) is 3.17. The summed E-state index contributed by atoms with van der Waals surface area (Å²) in [7, 11) is 0. The van der Waals surface area contributed by atoms with Crippen molar-refractivity contribution in [3.63, 3.8) is 0 Å². The molecular weight excluding hydrogens is 430 g/mol. The number of carbonyl (C=O) groups excluding carboxylic acids is 3. The zero-order chi connectivity index (χ0) is 23.4. The first-order valence-corrected chi connectivity index (χ1v) is 10.4. The lowest BCUT2D eigenvalue weighted by molar-refractivity contribution is 0.0346. The summed E-state index contributed by atoms with van der Waals surface area (Å²) < 4.78 is 11.4. The van der Waals surface area contributed by atoms with Crippen molar-refractivity contribution in [2.45, 2.75) is 6.92 Å². The van der Waals surface area contributed by atoms with Crippen molar-refractivity contribution in [2.75, 3.05) is 50.5 Å². The third kappa shape index (κ3) is 4.81. The molecule has 1 amide bonds. The van der Waals surface area contributed by atoms with Gasteiger partial charge in [-0.15, -0.1) is 5.10 Å². The molecule has 0 unspecified atom stereocenters. The standard InChI is InChI=1S/C21H23N7O5/c1-2-33-21(31)14-10-15-18(25-20(30)13-4-3-5-23-11-13)26-28(19(15)24-17(14)22)16(29)12-27-6-8-32-9-7-27/h3-5,10-11H,2,6-9,12H2,1H3,(H2,22,24)(H,25,26,30). The first-order chi connectivity index (χ1) is 16.0. The number of hydrogen-bond donors (Lipinski definition) is 2. The summed E-state index contributed by atoms with van der Waals surface area (Å²) in [5, 5.41) is 7.24. The number of amides is 1. The van der Waals surface area contributed by atoms with Crippen LogP contribution in [0.5, 0.6) is 0 Å². The highest BCUT2D eigenvalue weighted by atomic mass is 16.5. The number of carbonyl (C=O) groups is 3. The van der Waals surface area contributed by atoms with Gasteiger partial charge in [0.25, 0.3) is 11.8 Å². The van der Waals surface area contributed by atoms with Crippen LogP contribution in [0, 0.1) is 0 Å². The van der Waals surface area contributed by atoms with Gasteiger partial charge in [-0.1, -0.05) is 0 Å². The highest BCUT2D eigenvalue weighted by Gasteiger charge is 2.25. The fraction of sp³-hybridized carbons (Fsp3) is 0.333. The number of nitrogens with zero attached hydrogens (tertiary/aromatic N) is 5. The number of nitrogen functional groups attached to an aromatic ring is 1. The van der Waals surface area contributed by atoms with E-state index >= 15 is 0 Å². The van der Waals surface area contributed by atoms with Gasteiger partial charge >= 0.3 is 5.97 Å². The molecular formula is C21H23N7O5. The number of ether oxygens (including phenoxy) is 2. The van der Waals surface area contributed by atoms with Gasteiger partial charge in [0.2, 0.25) is 0 Å². The summed E-state index contributed by atoms with van der Waals surface area (Å²) in [5.41, 5.74) is 6.43. The smallest absolute Gasteiger partial charge is 0.341 e. The molecule has 12 heteroatoms. The molecule has 0 aromatic carbocycles. The Bertz CT molecular complexity index is 1190. The Morgan fingerprint density at radius 2 is 2.06 bits per heavy atom. The van der Waals surface area contributed by atoms with Gasteiger partial charge in [-0.05, 0) is 25.1 Å². The van der Waals surface area contributed by atoms with Crippen molar-refractivity contribution in [3.8, 4) is 0 Å². The molecule has 1 saturated heterocycles. The number of rotatable bonds is 6. The van der Waals surface area contributed by atoms with E-state index in [2.05, 4.69) is 20.4 Å². The van der Waals surface area contributed by atoms with Gasteiger partial charge in [-0.2, -0.15) is 4.68 Å². The maximum atomic E-state index is 13.1. The lowest BCUT2D eigenvalue weighted by atomic mass is 10.2. The minimum atomic E-state index is -0.665. The summed E-state index contributed by atoms with van der Waals surface area (Å²) in [5.74, 6) is -1.55. The highest BCUT2D eigenvalue weighted by Crippen LogP contribution is 2.26. The number of hydrogen-bond acceptors (Lipinski definition) is 10. The zero-order valence-corrected chi connectivity index (χ0v) is 18.0. The predicted molar refractivity (Wildman–Crippen MR) is 118 cm³/mol. The Hall–Kier alpha value is -3.90. The molecule has 172 valence electrons. The van der Waals surface area contributed by atoms with Crippen molar-refractivity contribution < 1.29 is 23.9 Å². The highest BCUT2D eigenvalue weighted by molar-refractivity contribution is 6.10. The number of morpholine rings is 1. The Morgan fingerprint density at radius 1 is 1.27 bits per heavy atom. The van der Waals surface area contributed by atoms with Gasteiger partial charge in [0.05, 0.1) is 37.3 Å². The second-order valence-corrected chi connectivity index (χ2v) is 7.25. The van der Waals surface area contributed by atoms with Gasteiger partial charge in [0, 0.05) is 25.5 Å². The van der Waals surface area contributed by atoms with E-state index in [1.807, 2.05) is 4.90 Å². The second-order valence-electron chi connectivity index (χ2n) is 7.25. The van der Waals surface area contributed by atoms with Crippen LogP contribution in [0.25, 0.3) is 11.0 Å². The zero-order valence-electron chi connectivity index (χ0n) is 18.0.